The van der Waals surface area contributed by atoms with Gasteiger partial charge < -0.3 is 11.1 Å². The molecule has 0 aromatic heterocycles. The number of carbonyl (C=O) groups is 1. The highest BCUT2D eigenvalue weighted by Gasteiger charge is 2.20. The number of nitrogens with one attached hydrogen (secondary N) is 1. The molecule has 0 heterocycles. The number of amides is 1. The fourth-order valence-electron chi connectivity index (χ4n) is 1.42. The minimum atomic E-state index is -0.368. The molecule has 0 bridgehead atoms. The van der Waals surface area contributed by atoms with Crippen LogP contribution in [0, 0.1) is 13.8 Å². The van der Waals surface area contributed by atoms with Crippen molar-refractivity contribution < 1.29 is 4.79 Å². The van der Waals surface area contributed by atoms with Crippen molar-refractivity contribution >= 4 is 18.3 Å². The maximum Gasteiger partial charge on any atom is 0.252 e. The lowest BCUT2D eigenvalue weighted by Crippen LogP contribution is -2.49. The van der Waals surface area contributed by atoms with Crippen LogP contribution in [0.3, 0.4) is 0 Å². The van der Waals surface area contributed by atoms with Crippen LogP contribution in [0.4, 0.5) is 0 Å². The summed E-state index contributed by atoms with van der Waals surface area (Å²) in [7, 11) is 0. The zero-order chi connectivity index (χ0) is 12.3. The van der Waals surface area contributed by atoms with Crippen molar-refractivity contribution in [2.45, 2.75) is 33.2 Å². The summed E-state index contributed by atoms with van der Waals surface area (Å²) in [6.07, 6.45) is 0. The topological polar surface area (TPSA) is 55.1 Å². The number of rotatable bonds is 3. The van der Waals surface area contributed by atoms with Crippen LogP contribution in [0.2, 0.25) is 0 Å². The van der Waals surface area contributed by atoms with Gasteiger partial charge in [0.25, 0.3) is 5.91 Å². The lowest BCUT2D eigenvalue weighted by molar-refractivity contribution is 0.0915. The fraction of sp³-hybridized carbons (Fsp3) is 0.462. The first-order chi connectivity index (χ1) is 7.37. The Morgan fingerprint density at radius 1 is 1.35 bits per heavy atom. The maximum absolute atomic E-state index is 12.0. The van der Waals surface area contributed by atoms with Crippen LogP contribution < -0.4 is 11.1 Å². The van der Waals surface area contributed by atoms with Crippen LogP contribution in [0.5, 0.6) is 0 Å². The minimum absolute atomic E-state index is 0. The molecule has 3 nitrogen and oxygen atoms in total. The van der Waals surface area contributed by atoms with E-state index in [2.05, 4.69) is 5.32 Å². The number of carbonyl (C=O) groups excluding carboxylic acids is 1. The summed E-state index contributed by atoms with van der Waals surface area (Å²) in [4.78, 5) is 12.0. The SMILES string of the molecule is Cc1cccc(C(=O)NC(C)(C)CN)c1C.Cl. The molecule has 17 heavy (non-hydrogen) atoms. The van der Waals surface area contributed by atoms with E-state index in [4.69, 9.17) is 5.73 Å². The average Bonchev–Trinajstić information content (AvgIpc) is 2.21. The summed E-state index contributed by atoms with van der Waals surface area (Å²) >= 11 is 0. The molecule has 1 aromatic rings. The van der Waals surface area contributed by atoms with Crippen LogP contribution in [0.25, 0.3) is 0 Å². The van der Waals surface area contributed by atoms with Crippen molar-refractivity contribution in [2.75, 3.05) is 6.54 Å². The lowest BCUT2D eigenvalue weighted by Gasteiger charge is -2.24. The number of nitrogens with two attached hydrogens (primary N) is 1. The Balaban J connectivity index is 0.00000256. The third-order valence-corrected chi connectivity index (χ3v) is 2.81. The molecule has 3 N–H and O–H groups in total. The molecule has 4 heteroatoms. The summed E-state index contributed by atoms with van der Waals surface area (Å²) in [5, 5.41) is 2.93. The van der Waals surface area contributed by atoms with E-state index in [1.807, 2.05) is 45.9 Å². The molecular weight excluding hydrogens is 236 g/mol. The molecule has 1 aromatic carbocycles. The van der Waals surface area contributed by atoms with Gasteiger partial charge in [0.15, 0.2) is 0 Å². The molecule has 0 radical (unpaired) electrons. The number of halogens is 1. The molecule has 0 atom stereocenters. The molecule has 0 spiro atoms. The van der Waals surface area contributed by atoms with Gasteiger partial charge in [-0.05, 0) is 44.9 Å². The first kappa shape index (κ1) is 15.9. The zero-order valence-corrected chi connectivity index (χ0v) is 11.6. The van der Waals surface area contributed by atoms with E-state index in [0.29, 0.717) is 6.54 Å². The van der Waals surface area contributed by atoms with Crippen LogP contribution in [0.1, 0.15) is 35.3 Å². The van der Waals surface area contributed by atoms with Gasteiger partial charge in [-0.1, -0.05) is 12.1 Å². The van der Waals surface area contributed by atoms with Gasteiger partial charge in [-0.2, -0.15) is 0 Å². The second-order valence-electron chi connectivity index (χ2n) is 4.79. The van der Waals surface area contributed by atoms with E-state index < -0.39 is 0 Å². The standard InChI is InChI=1S/C13H20N2O.ClH/c1-9-6-5-7-11(10(9)2)12(16)15-13(3,4)8-14;/h5-7H,8,14H2,1-4H3,(H,15,16);1H. The van der Waals surface area contributed by atoms with E-state index in [1.165, 1.54) is 0 Å². The monoisotopic (exact) mass is 256 g/mol. The molecule has 1 rings (SSSR count). The van der Waals surface area contributed by atoms with Crippen LogP contribution >= 0.6 is 12.4 Å². The quantitative estimate of drug-likeness (QED) is 0.871. The minimum Gasteiger partial charge on any atom is -0.346 e. The number of benzene rings is 1. The molecule has 0 fully saturated rings. The van der Waals surface area contributed by atoms with Gasteiger partial charge in [0.05, 0.1) is 0 Å². The molecular formula is C13H21ClN2O. The molecule has 0 saturated heterocycles. The van der Waals surface area contributed by atoms with Crippen molar-refractivity contribution in [3.63, 3.8) is 0 Å². The highest BCUT2D eigenvalue weighted by Crippen LogP contribution is 2.13. The summed E-state index contributed by atoms with van der Waals surface area (Å²) in [6, 6.07) is 5.73. The van der Waals surface area contributed by atoms with Gasteiger partial charge in [-0.25, -0.2) is 0 Å². The van der Waals surface area contributed by atoms with Gasteiger partial charge in [-0.3, -0.25) is 4.79 Å². The summed E-state index contributed by atoms with van der Waals surface area (Å²) in [5.74, 6) is -0.0587. The number of hydrogen-bond acceptors (Lipinski definition) is 2. The van der Waals surface area contributed by atoms with Crippen LogP contribution in [0.15, 0.2) is 18.2 Å². The first-order valence-electron chi connectivity index (χ1n) is 5.46. The second-order valence-corrected chi connectivity index (χ2v) is 4.79. The van der Waals surface area contributed by atoms with Crippen molar-refractivity contribution in [3.8, 4) is 0 Å². The Labute approximate surface area is 109 Å². The highest BCUT2D eigenvalue weighted by atomic mass is 35.5. The van der Waals surface area contributed by atoms with E-state index in [0.717, 1.165) is 16.7 Å². The van der Waals surface area contributed by atoms with Gasteiger partial charge in [0.2, 0.25) is 0 Å². The highest BCUT2D eigenvalue weighted by molar-refractivity contribution is 5.96. The smallest absolute Gasteiger partial charge is 0.252 e. The van der Waals surface area contributed by atoms with E-state index in [1.54, 1.807) is 0 Å². The molecule has 0 aliphatic carbocycles. The largest absolute Gasteiger partial charge is 0.346 e. The third kappa shape index (κ3) is 4.02. The normalized spacial score (nSPS) is 10.6. The first-order valence-corrected chi connectivity index (χ1v) is 5.46. The zero-order valence-electron chi connectivity index (χ0n) is 10.8. The van der Waals surface area contributed by atoms with E-state index in [-0.39, 0.29) is 23.9 Å². The van der Waals surface area contributed by atoms with E-state index in [9.17, 15) is 4.79 Å². The van der Waals surface area contributed by atoms with Crippen molar-refractivity contribution in [3.05, 3.63) is 34.9 Å². The van der Waals surface area contributed by atoms with Gasteiger partial charge in [-0.15, -0.1) is 12.4 Å². The molecule has 0 saturated carbocycles. The lowest BCUT2D eigenvalue weighted by atomic mass is 10.0. The Morgan fingerprint density at radius 2 is 1.94 bits per heavy atom. The van der Waals surface area contributed by atoms with Crippen LogP contribution in [-0.4, -0.2) is 18.0 Å². The van der Waals surface area contributed by atoms with Gasteiger partial charge >= 0.3 is 0 Å². The molecule has 0 aliphatic rings. The predicted octanol–water partition coefficient (Wildman–Crippen LogP) is 2.19. The summed E-state index contributed by atoms with van der Waals surface area (Å²) in [6.45, 7) is 8.20. The molecule has 1 amide bonds. The van der Waals surface area contributed by atoms with Gasteiger partial charge in [0, 0.05) is 17.6 Å². The maximum atomic E-state index is 12.0. The predicted molar refractivity (Wildman–Crippen MR) is 73.8 cm³/mol. The van der Waals surface area contributed by atoms with E-state index >= 15 is 0 Å². The fourth-order valence-corrected chi connectivity index (χ4v) is 1.42. The van der Waals surface area contributed by atoms with Gasteiger partial charge in [0.1, 0.15) is 0 Å². The van der Waals surface area contributed by atoms with Crippen molar-refractivity contribution in [2.24, 2.45) is 5.73 Å². The number of hydrogen-bond donors (Lipinski definition) is 2. The third-order valence-electron chi connectivity index (χ3n) is 2.81. The Hall–Kier alpha value is -1.06. The summed E-state index contributed by atoms with van der Waals surface area (Å²) < 4.78 is 0. The van der Waals surface area contributed by atoms with Crippen molar-refractivity contribution in [1.29, 1.82) is 0 Å². The Bertz CT molecular complexity index is 402. The second kappa shape index (κ2) is 6.03. The Kier molecular flexibility index (Phi) is 5.66. The molecule has 0 aliphatic heterocycles. The Morgan fingerprint density at radius 3 is 2.47 bits per heavy atom. The number of aryl methyl sites for hydroxylation is 1. The van der Waals surface area contributed by atoms with Crippen LogP contribution in [-0.2, 0) is 0 Å². The van der Waals surface area contributed by atoms with Crippen molar-refractivity contribution in [1.82, 2.24) is 5.32 Å². The summed E-state index contributed by atoms with van der Waals surface area (Å²) in [5.41, 5.74) is 8.09. The molecule has 96 valence electrons. The average molecular weight is 257 g/mol. The molecule has 0 unspecified atom stereocenters.